The summed E-state index contributed by atoms with van der Waals surface area (Å²) in [7, 11) is 0. The van der Waals surface area contributed by atoms with E-state index in [0.29, 0.717) is 24.2 Å². The van der Waals surface area contributed by atoms with Gasteiger partial charge in [-0.25, -0.2) is 4.79 Å². The van der Waals surface area contributed by atoms with Crippen molar-refractivity contribution >= 4 is 12.0 Å². The molecule has 21 heavy (non-hydrogen) atoms. The normalized spacial score (nSPS) is 14.0. The lowest BCUT2D eigenvalue weighted by molar-refractivity contribution is -0.274. The van der Waals surface area contributed by atoms with Crippen LogP contribution >= 0.6 is 0 Å². The van der Waals surface area contributed by atoms with Crippen LogP contribution in [-0.2, 0) is 11.2 Å². The number of carboxylic acid groups (broad SMARTS) is 1. The molecule has 0 amide bonds. The molecule has 0 saturated heterocycles. The van der Waals surface area contributed by atoms with E-state index in [9.17, 15) is 18.0 Å². The minimum absolute atomic E-state index is 0.0193. The summed E-state index contributed by atoms with van der Waals surface area (Å²) in [6, 6.07) is 2.40. The van der Waals surface area contributed by atoms with Crippen molar-refractivity contribution in [3.05, 3.63) is 28.8 Å². The third-order valence-corrected chi connectivity index (χ3v) is 2.90. The largest absolute Gasteiger partial charge is 0.573 e. The number of halogens is 3. The number of aryl methyl sites for hydroxylation is 1. The summed E-state index contributed by atoms with van der Waals surface area (Å²) >= 11 is 0. The second-order valence-corrected chi connectivity index (χ2v) is 4.56. The highest BCUT2D eigenvalue weighted by Crippen LogP contribution is 2.36. The number of benzene rings is 1. The Hall–Kier alpha value is -2.18. The van der Waals surface area contributed by atoms with Crippen LogP contribution in [0.1, 0.15) is 24.5 Å². The standard InChI is InChI=1S/C14H13F3O4/c1-2-3-8-5-11(21-14(15,16)17)6-9-4-10(13(18)19)7-20-12(8)9/h4-6H,2-3,7H2,1H3,(H,18,19). The van der Waals surface area contributed by atoms with E-state index in [0.717, 1.165) is 6.07 Å². The number of aliphatic carboxylic acids is 1. The maximum atomic E-state index is 12.3. The van der Waals surface area contributed by atoms with Gasteiger partial charge in [-0.3, -0.25) is 0 Å². The van der Waals surface area contributed by atoms with Crippen LogP contribution in [0.3, 0.4) is 0 Å². The van der Waals surface area contributed by atoms with Gasteiger partial charge < -0.3 is 14.6 Å². The highest BCUT2D eigenvalue weighted by molar-refractivity contribution is 5.94. The minimum atomic E-state index is -4.80. The summed E-state index contributed by atoms with van der Waals surface area (Å²) < 4.78 is 46.3. The molecular weight excluding hydrogens is 289 g/mol. The smallest absolute Gasteiger partial charge is 0.488 e. The Morgan fingerprint density at radius 3 is 2.71 bits per heavy atom. The van der Waals surface area contributed by atoms with Gasteiger partial charge in [0, 0.05) is 5.56 Å². The third kappa shape index (κ3) is 3.68. The maximum absolute atomic E-state index is 12.3. The second-order valence-electron chi connectivity index (χ2n) is 4.56. The Bertz CT molecular complexity index is 591. The first-order chi connectivity index (χ1) is 9.80. The van der Waals surface area contributed by atoms with Crippen LogP contribution in [0, 0.1) is 0 Å². The molecule has 0 aliphatic carbocycles. The van der Waals surface area contributed by atoms with Crippen LogP contribution in [0.15, 0.2) is 17.7 Å². The third-order valence-electron chi connectivity index (χ3n) is 2.90. The van der Waals surface area contributed by atoms with Crippen molar-refractivity contribution in [2.24, 2.45) is 0 Å². The average molecular weight is 302 g/mol. The van der Waals surface area contributed by atoms with Crippen LogP contribution in [0.25, 0.3) is 6.08 Å². The summed E-state index contributed by atoms with van der Waals surface area (Å²) in [5.41, 5.74) is 0.827. The first kappa shape index (κ1) is 15.2. The zero-order valence-corrected chi connectivity index (χ0v) is 11.2. The summed E-state index contributed by atoms with van der Waals surface area (Å²) in [5.74, 6) is -1.13. The lowest BCUT2D eigenvalue weighted by atomic mass is 10.0. The Morgan fingerprint density at radius 2 is 2.14 bits per heavy atom. The molecule has 2 rings (SSSR count). The Morgan fingerprint density at radius 1 is 1.43 bits per heavy atom. The van der Waals surface area contributed by atoms with E-state index in [2.05, 4.69) is 4.74 Å². The molecule has 1 aliphatic rings. The van der Waals surface area contributed by atoms with Gasteiger partial charge in [0.1, 0.15) is 18.1 Å². The quantitative estimate of drug-likeness (QED) is 0.926. The molecule has 0 aromatic heterocycles. The molecule has 1 aliphatic heterocycles. The molecule has 0 spiro atoms. The van der Waals surface area contributed by atoms with Gasteiger partial charge in [0.2, 0.25) is 0 Å². The number of hydrogen-bond donors (Lipinski definition) is 1. The molecule has 0 atom stereocenters. The van der Waals surface area contributed by atoms with Crippen molar-refractivity contribution in [1.82, 2.24) is 0 Å². The van der Waals surface area contributed by atoms with Crippen LogP contribution in [0.2, 0.25) is 0 Å². The van der Waals surface area contributed by atoms with Crippen molar-refractivity contribution in [3.63, 3.8) is 0 Å². The molecule has 1 aromatic carbocycles. The predicted molar refractivity (Wildman–Crippen MR) is 68.2 cm³/mol. The molecule has 1 aromatic rings. The van der Waals surface area contributed by atoms with Crippen molar-refractivity contribution in [2.75, 3.05) is 6.61 Å². The lowest BCUT2D eigenvalue weighted by Crippen LogP contribution is -2.19. The zero-order valence-electron chi connectivity index (χ0n) is 11.2. The lowest BCUT2D eigenvalue weighted by Gasteiger charge is -2.21. The number of hydrogen-bond acceptors (Lipinski definition) is 3. The van der Waals surface area contributed by atoms with Gasteiger partial charge >= 0.3 is 12.3 Å². The molecule has 0 bridgehead atoms. The van der Waals surface area contributed by atoms with Crippen LogP contribution in [0.5, 0.6) is 11.5 Å². The Labute approximate surface area is 118 Å². The van der Waals surface area contributed by atoms with Gasteiger partial charge in [-0.2, -0.15) is 0 Å². The maximum Gasteiger partial charge on any atom is 0.573 e. The number of alkyl halides is 3. The molecule has 0 radical (unpaired) electrons. The van der Waals surface area contributed by atoms with E-state index in [1.54, 1.807) is 0 Å². The minimum Gasteiger partial charge on any atom is -0.488 e. The molecule has 114 valence electrons. The van der Waals surface area contributed by atoms with Crippen molar-refractivity contribution in [1.29, 1.82) is 0 Å². The van der Waals surface area contributed by atoms with Crippen LogP contribution in [-0.4, -0.2) is 24.0 Å². The Balaban J connectivity index is 2.47. The fourth-order valence-electron chi connectivity index (χ4n) is 2.12. The zero-order chi connectivity index (χ0) is 15.6. The van der Waals surface area contributed by atoms with Crippen LogP contribution in [0.4, 0.5) is 13.2 Å². The SMILES string of the molecule is CCCc1cc(OC(F)(F)F)cc2c1OCC(C(=O)O)=C2. The second kappa shape index (κ2) is 5.67. The Kier molecular flexibility index (Phi) is 4.11. The topological polar surface area (TPSA) is 55.8 Å². The number of rotatable bonds is 4. The summed E-state index contributed by atoms with van der Waals surface area (Å²) in [4.78, 5) is 10.9. The van der Waals surface area contributed by atoms with Crippen molar-refractivity contribution < 1.29 is 32.5 Å². The summed E-state index contributed by atoms with van der Waals surface area (Å²) in [6.07, 6.45) is -2.27. The molecule has 0 saturated carbocycles. The summed E-state index contributed by atoms with van der Waals surface area (Å²) in [6.45, 7) is 1.77. The number of carboxylic acids is 1. The number of carbonyl (C=O) groups is 1. The molecule has 0 unspecified atom stereocenters. The van der Waals surface area contributed by atoms with Gasteiger partial charge in [-0.05, 0) is 30.2 Å². The fourth-order valence-corrected chi connectivity index (χ4v) is 2.12. The van der Waals surface area contributed by atoms with Gasteiger partial charge in [0.05, 0.1) is 5.57 Å². The first-order valence-corrected chi connectivity index (χ1v) is 6.29. The van der Waals surface area contributed by atoms with Gasteiger partial charge in [-0.15, -0.1) is 13.2 Å². The average Bonchev–Trinajstić information content (AvgIpc) is 2.36. The molecule has 1 heterocycles. The summed E-state index contributed by atoms with van der Waals surface area (Å²) in [5, 5.41) is 8.93. The van der Waals surface area contributed by atoms with E-state index >= 15 is 0 Å². The van der Waals surface area contributed by atoms with Crippen LogP contribution < -0.4 is 9.47 Å². The van der Waals surface area contributed by atoms with Crippen molar-refractivity contribution in [2.45, 2.75) is 26.1 Å². The fraction of sp³-hybridized carbons (Fsp3) is 0.357. The highest BCUT2D eigenvalue weighted by Gasteiger charge is 2.32. The molecule has 4 nitrogen and oxygen atoms in total. The molecule has 0 fully saturated rings. The molecule has 7 heteroatoms. The van der Waals surface area contributed by atoms with Gasteiger partial charge in [0.25, 0.3) is 0 Å². The number of ether oxygens (including phenoxy) is 2. The monoisotopic (exact) mass is 302 g/mol. The van der Waals surface area contributed by atoms with E-state index in [1.807, 2.05) is 6.92 Å². The number of fused-ring (bicyclic) bond motifs is 1. The van der Waals surface area contributed by atoms with E-state index in [-0.39, 0.29) is 23.5 Å². The van der Waals surface area contributed by atoms with Gasteiger partial charge in [-0.1, -0.05) is 13.3 Å². The predicted octanol–water partition coefficient (Wildman–Crippen LogP) is 3.40. The first-order valence-electron chi connectivity index (χ1n) is 6.29. The van der Waals surface area contributed by atoms with E-state index in [4.69, 9.17) is 9.84 Å². The molecular formula is C14H13F3O4. The van der Waals surface area contributed by atoms with Gasteiger partial charge in [0.15, 0.2) is 0 Å². The molecule has 1 N–H and O–H groups in total. The van der Waals surface area contributed by atoms with E-state index < -0.39 is 12.3 Å². The highest BCUT2D eigenvalue weighted by atomic mass is 19.4. The van der Waals surface area contributed by atoms with E-state index in [1.165, 1.54) is 12.1 Å². The van der Waals surface area contributed by atoms with Crippen molar-refractivity contribution in [3.8, 4) is 11.5 Å².